The molecule has 0 radical (unpaired) electrons. The Balaban J connectivity index is 2.66. The number of nitrogens with one attached hydrogen (secondary N) is 2. The Kier molecular flexibility index (Phi) is 3.48. The van der Waals surface area contributed by atoms with E-state index in [0.29, 0.717) is 5.69 Å². The summed E-state index contributed by atoms with van der Waals surface area (Å²) < 4.78 is 36.8. The fourth-order valence-electron chi connectivity index (χ4n) is 1.00. The van der Waals surface area contributed by atoms with Crippen LogP contribution >= 0.6 is 0 Å². The molecular formula is C11H15F3N2. The molecule has 0 aromatic heterocycles. The number of alkyl halides is 3. The number of hydrogen-bond donors (Lipinski definition) is 2. The molecule has 16 heavy (non-hydrogen) atoms. The molecule has 90 valence electrons. The van der Waals surface area contributed by atoms with Gasteiger partial charge in [0.1, 0.15) is 0 Å². The molecule has 0 atom stereocenters. The van der Waals surface area contributed by atoms with E-state index in [1.54, 1.807) is 0 Å². The highest BCUT2D eigenvalue weighted by Crippen LogP contribution is 2.29. The van der Waals surface area contributed by atoms with Crippen molar-refractivity contribution in [2.24, 2.45) is 0 Å². The number of benzene rings is 1. The smallest absolute Gasteiger partial charge is 0.321 e. The predicted octanol–water partition coefficient (Wildman–Crippen LogP) is 3.42. The van der Waals surface area contributed by atoms with Crippen LogP contribution in [0.5, 0.6) is 0 Å². The number of halogens is 3. The van der Waals surface area contributed by atoms with E-state index in [9.17, 15) is 13.2 Å². The summed E-state index contributed by atoms with van der Waals surface area (Å²) in [6.07, 6.45) is -4.28. The van der Waals surface area contributed by atoms with Gasteiger partial charge in [0.05, 0.1) is 5.56 Å². The van der Waals surface area contributed by atoms with Crippen molar-refractivity contribution < 1.29 is 13.2 Å². The molecule has 0 saturated heterocycles. The Hall–Kier alpha value is -1.23. The first-order valence-electron chi connectivity index (χ1n) is 4.89. The minimum atomic E-state index is -4.28. The summed E-state index contributed by atoms with van der Waals surface area (Å²) in [5.41, 5.74) is 5.62. The second kappa shape index (κ2) is 4.33. The molecule has 0 unspecified atom stereocenters. The van der Waals surface area contributed by atoms with Gasteiger partial charge in [0, 0.05) is 11.2 Å². The lowest BCUT2D eigenvalue weighted by Crippen LogP contribution is -2.40. The molecule has 2 nitrogen and oxygen atoms in total. The van der Waals surface area contributed by atoms with Gasteiger partial charge in [0.15, 0.2) is 0 Å². The highest BCUT2D eigenvalue weighted by atomic mass is 19.4. The monoisotopic (exact) mass is 232 g/mol. The maximum Gasteiger partial charge on any atom is 0.416 e. The van der Waals surface area contributed by atoms with Crippen LogP contribution in [0.1, 0.15) is 26.3 Å². The van der Waals surface area contributed by atoms with Gasteiger partial charge in [-0.2, -0.15) is 13.2 Å². The van der Waals surface area contributed by atoms with Crippen LogP contribution in [-0.4, -0.2) is 5.54 Å². The first-order valence-corrected chi connectivity index (χ1v) is 4.89. The topological polar surface area (TPSA) is 24.1 Å². The van der Waals surface area contributed by atoms with Crippen molar-refractivity contribution in [1.29, 1.82) is 0 Å². The van der Waals surface area contributed by atoms with E-state index in [1.165, 1.54) is 12.1 Å². The Morgan fingerprint density at radius 1 is 0.938 bits per heavy atom. The Labute approximate surface area is 92.8 Å². The van der Waals surface area contributed by atoms with Crippen LogP contribution in [0.2, 0.25) is 0 Å². The van der Waals surface area contributed by atoms with Crippen LogP contribution in [0.3, 0.4) is 0 Å². The summed E-state index contributed by atoms with van der Waals surface area (Å²) >= 11 is 0. The number of hydrazine groups is 1. The lowest BCUT2D eigenvalue weighted by molar-refractivity contribution is -0.137. The van der Waals surface area contributed by atoms with Gasteiger partial charge in [0.2, 0.25) is 0 Å². The Bertz CT molecular complexity index is 336. The average molecular weight is 232 g/mol. The highest BCUT2D eigenvalue weighted by Gasteiger charge is 2.29. The third-order valence-electron chi connectivity index (χ3n) is 1.79. The molecule has 0 fully saturated rings. The average Bonchev–Trinajstić information content (AvgIpc) is 2.13. The molecule has 0 heterocycles. The van der Waals surface area contributed by atoms with Crippen molar-refractivity contribution in [3.63, 3.8) is 0 Å². The van der Waals surface area contributed by atoms with Crippen LogP contribution in [0.4, 0.5) is 18.9 Å². The molecule has 0 aliphatic rings. The third kappa shape index (κ3) is 4.10. The van der Waals surface area contributed by atoms with Gasteiger partial charge in [-0.1, -0.05) is 0 Å². The van der Waals surface area contributed by atoms with E-state index in [1.807, 2.05) is 20.8 Å². The molecule has 2 N–H and O–H groups in total. The summed E-state index contributed by atoms with van der Waals surface area (Å²) in [5, 5.41) is 0. The molecule has 1 rings (SSSR count). The summed E-state index contributed by atoms with van der Waals surface area (Å²) in [6.45, 7) is 5.85. The summed E-state index contributed by atoms with van der Waals surface area (Å²) in [4.78, 5) is 0. The van der Waals surface area contributed by atoms with E-state index >= 15 is 0 Å². The molecule has 0 aliphatic heterocycles. The minimum absolute atomic E-state index is 0.150. The number of hydrogen-bond acceptors (Lipinski definition) is 2. The molecule has 0 spiro atoms. The van der Waals surface area contributed by atoms with Crippen molar-refractivity contribution in [2.45, 2.75) is 32.5 Å². The Morgan fingerprint density at radius 3 is 1.81 bits per heavy atom. The van der Waals surface area contributed by atoms with E-state index in [2.05, 4.69) is 10.9 Å². The summed E-state index contributed by atoms with van der Waals surface area (Å²) in [6, 6.07) is 4.88. The molecule has 0 amide bonds. The fourth-order valence-corrected chi connectivity index (χ4v) is 1.00. The zero-order chi connectivity index (χ0) is 12.4. The van der Waals surface area contributed by atoms with Crippen molar-refractivity contribution in [3.05, 3.63) is 29.8 Å². The largest absolute Gasteiger partial charge is 0.416 e. The maximum absolute atomic E-state index is 12.3. The lowest BCUT2D eigenvalue weighted by Gasteiger charge is -2.22. The quantitative estimate of drug-likeness (QED) is 0.763. The standard InChI is InChI=1S/C11H15F3N2/c1-10(2,3)16-15-9-6-4-8(5-7-9)11(12,13)14/h4-7,15-16H,1-3H3. The fraction of sp³-hybridized carbons (Fsp3) is 0.455. The molecule has 0 aliphatic carbocycles. The number of anilines is 1. The molecule has 1 aromatic rings. The van der Waals surface area contributed by atoms with Crippen molar-refractivity contribution in [1.82, 2.24) is 5.43 Å². The van der Waals surface area contributed by atoms with Crippen LogP contribution in [-0.2, 0) is 6.18 Å². The number of rotatable bonds is 2. The van der Waals surface area contributed by atoms with Gasteiger partial charge in [-0.3, -0.25) is 0 Å². The van der Waals surface area contributed by atoms with E-state index < -0.39 is 11.7 Å². The zero-order valence-electron chi connectivity index (χ0n) is 9.44. The predicted molar refractivity (Wildman–Crippen MR) is 58.0 cm³/mol. The zero-order valence-corrected chi connectivity index (χ0v) is 9.44. The van der Waals surface area contributed by atoms with E-state index in [0.717, 1.165) is 12.1 Å². The SMILES string of the molecule is CC(C)(C)NNc1ccc(C(F)(F)F)cc1. The molecule has 0 saturated carbocycles. The van der Waals surface area contributed by atoms with Gasteiger partial charge in [-0.05, 0) is 45.0 Å². The van der Waals surface area contributed by atoms with Gasteiger partial charge in [-0.15, -0.1) is 0 Å². The second-order valence-electron chi connectivity index (χ2n) is 4.58. The summed E-state index contributed by atoms with van der Waals surface area (Å²) in [5.74, 6) is 0. The first-order chi connectivity index (χ1) is 7.18. The van der Waals surface area contributed by atoms with Crippen LogP contribution in [0.15, 0.2) is 24.3 Å². The lowest BCUT2D eigenvalue weighted by atomic mass is 10.1. The van der Waals surface area contributed by atoms with E-state index in [-0.39, 0.29) is 5.54 Å². The van der Waals surface area contributed by atoms with Crippen molar-refractivity contribution >= 4 is 5.69 Å². The Morgan fingerprint density at radius 2 is 1.44 bits per heavy atom. The van der Waals surface area contributed by atoms with Gasteiger partial charge < -0.3 is 5.43 Å². The van der Waals surface area contributed by atoms with Crippen LogP contribution in [0.25, 0.3) is 0 Å². The van der Waals surface area contributed by atoms with E-state index in [4.69, 9.17) is 0 Å². The molecular weight excluding hydrogens is 217 g/mol. The molecule has 1 aromatic carbocycles. The first kappa shape index (κ1) is 12.8. The van der Waals surface area contributed by atoms with Crippen LogP contribution < -0.4 is 10.9 Å². The van der Waals surface area contributed by atoms with Gasteiger partial charge in [0.25, 0.3) is 0 Å². The molecule has 0 bridgehead atoms. The maximum atomic E-state index is 12.3. The third-order valence-corrected chi connectivity index (χ3v) is 1.79. The molecule has 5 heteroatoms. The second-order valence-corrected chi connectivity index (χ2v) is 4.58. The van der Waals surface area contributed by atoms with Crippen molar-refractivity contribution in [3.8, 4) is 0 Å². The summed E-state index contributed by atoms with van der Waals surface area (Å²) in [7, 11) is 0. The normalized spacial score (nSPS) is 12.6. The van der Waals surface area contributed by atoms with Crippen molar-refractivity contribution in [2.75, 3.05) is 5.43 Å². The van der Waals surface area contributed by atoms with Gasteiger partial charge in [-0.25, -0.2) is 5.43 Å². The minimum Gasteiger partial charge on any atom is -0.321 e. The van der Waals surface area contributed by atoms with Gasteiger partial charge >= 0.3 is 6.18 Å². The highest BCUT2D eigenvalue weighted by molar-refractivity contribution is 5.44. The van der Waals surface area contributed by atoms with Crippen LogP contribution in [0, 0.1) is 0 Å².